The number of aryl methyl sites for hydroxylation is 1. The molecule has 2 rings (SSSR count). The monoisotopic (exact) mass is 220 g/mol. The first-order valence-corrected chi connectivity index (χ1v) is 5.15. The second-order valence-electron chi connectivity index (χ2n) is 3.37. The summed E-state index contributed by atoms with van der Waals surface area (Å²) in [5, 5.41) is 3.05. The molecule has 0 aliphatic carbocycles. The highest BCUT2D eigenvalue weighted by Crippen LogP contribution is 2.06. The van der Waals surface area contributed by atoms with Gasteiger partial charge in [-0.25, -0.2) is 9.97 Å². The number of rotatable bonds is 4. The Morgan fingerprint density at radius 1 is 1.44 bits per heavy atom. The van der Waals surface area contributed by atoms with Gasteiger partial charge in [0.15, 0.2) is 0 Å². The van der Waals surface area contributed by atoms with E-state index in [0.717, 1.165) is 12.2 Å². The first-order valence-electron chi connectivity index (χ1n) is 5.15. The average molecular weight is 220 g/mol. The van der Waals surface area contributed by atoms with Crippen LogP contribution < -0.4 is 5.32 Å². The van der Waals surface area contributed by atoms with E-state index in [0.29, 0.717) is 12.4 Å². The van der Waals surface area contributed by atoms with E-state index in [4.69, 9.17) is 0 Å². The van der Waals surface area contributed by atoms with Gasteiger partial charge < -0.3 is 9.88 Å². The van der Waals surface area contributed by atoms with Gasteiger partial charge >= 0.3 is 0 Å². The quantitative estimate of drug-likeness (QED) is 0.802. The van der Waals surface area contributed by atoms with Crippen molar-refractivity contribution in [3.05, 3.63) is 42.4 Å². The van der Waals surface area contributed by atoms with Gasteiger partial charge in [0.25, 0.3) is 0 Å². The highest BCUT2D eigenvalue weighted by molar-refractivity contribution is 5.33. The van der Waals surface area contributed by atoms with E-state index in [2.05, 4.69) is 15.3 Å². The number of anilines is 1. The largest absolute Gasteiger partial charge is 0.364 e. The van der Waals surface area contributed by atoms with E-state index in [-0.39, 0.29) is 0 Å². The lowest BCUT2D eigenvalue weighted by molar-refractivity contribution is 0.585. The molecule has 0 saturated carbocycles. The van der Waals surface area contributed by atoms with Gasteiger partial charge in [-0.2, -0.15) is 4.39 Å². The molecule has 0 fully saturated rings. The van der Waals surface area contributed by atoms with E-state index in [9.17, 15) is 4.39 Å². The van der Waals surface area contributed by atoms with Crippen molar-refractivity contribution >= 4 is 5.82 Å². The number of imidazole rings is 1. The summed E-state index contributed by atoms with van der Waals surface area (Å²) in [4.78, 5) is 7.77. The van der Waals surface area contributed by atoms with Gasteiger partial charge in [-0.3, -0.25) is 0 Å². The van der Waals surface area contributed by atoms with E-state index >= 15 is 0 Å². The van der Waals surface area contributed by atoms with Gasteiger partial charge in [0, 0.05) is 12.7 Å². The van der Waals surface area contributed by atoms with Crippen molar-refractivity contribution in [3.63, 3.8) is 0 Å². The van der Waals surface area contributed by atoms with Crippen LogP contribution in [0, 0.1) is 5.95 Å². The lowest BCUT2D eigenvalue weighted by Crippen LogP contribution is -2.07. The molecule has 2 heterocycles. The zero-order valence-corrected chi connectivity index (χ0v) is 9.02. The Bertz CT molecular complexity index is 467. The molecule has 0 aliphatic rings. The first kappa shape index (κ1) is 10.6. The molecule has 2 aromatic rings. The molecule has 0 spiro atoms. The summed E-state index contributed by atoms with van der Waals surface area (Å²) in [5.74, 6) is 0.0536. The fourth-order valence-electron chi connectivity index (χ4n) is 1.47. The van der Waals surface area contributed by atoms with Crippen LogP contribution in [0.3, 0.4) is 0 Å². The number of nitrogens with zero attached hydrogens (tertiary/aromatic N) is 3. The Labute approximate surface area is 93.2 Å². The van der Waals surface area contributed by atoms with Crippen LogP contribution in [0.15, 0.2) is 30.7 Å². The maximum Gasteiger partial charge on any atom is 0.214 e. The van der Waals surface area contributed by atoms with Crippen LogP contribution >= 0.6 is 0 Å². The molecular weight excluding hydrogens is 207 g/mol. The summed E-state index contributed by atoms with van der Waals surface area (Å²) in [6.45, 7) is 3.50. The summed E-state index contributed by atoms with van der Waals surface area (Å²) in [6, 6.07) is 4.68. The minimum absolute atomic E-state index is 0.478. The second-order valence-corrected chi connectivity index (χ2v) is 3.37. The van der Waals surface area contributed by atoms with Crippen molar-refractivity contribution in [1.29, 1.82) is 0 Å². The smallest absolute Gasteiger partial charge is 0.214 e. The van der Waals surface area contributed by atoms with Crippen LogP contribution in [0.1, 0.15) is 12.6 Å². The van der Waals surface area contributed by atoms with Gasteiger partial charge in [0.1, 0.15) is 5.82 Å². The van der Waals surface area contributed by atoms with Crippen LogP contribution in [0.2, 0.25) is 0 Å². The molecule has 0 atom stereocenters. The van der Waals surface area contributed by atoms with E-state index in [1.165, 1.54) is 6.07 Å². The van der Waals surface area contributed by atoms with Crippen molar-refractivity contribution in [3.8, 4) is 0 Å². The minimum Gasteiger partial charge on any atom is -0.364 e. The maximum atomic E-state index is 12.8. The maximum absolute atomic E-state index is 12.8. The lowest BCUT2D eigenvalue weighted by atomic mass is 10.4. The second kappa shape index (κ2) is 4.74. The highest BCUT2D eigenvalue weighted by Gasteiger charge is 2.01. The number of nitrogens with one attached hydrogen (secondary N) is 1. The molecule has 0 bridgehead atoms. The number of halogens is 1. The molecule has 84 valence electrons. The van der Waals surface area contributed by atoms with Crippen LogP contribution in [0.5, 0.6) is 0 Å². The third-order valence-corrected chi connectivity index (χ3v) is 2.30. The summed E-state index contributed by atoms with van der Waals surface area (Å²) in [6.07, 6.45) is 3.56. The Kier molecular flexibility index (Phi) is 3.14. The van der Waals surface area contributed by atoms with Crippen molar-refractivity contribution in [2.75, 3.05) is 5.32 Å². The predicted molar refractivity (Wildman–Crippen MR) is 59.4 cm³/mol. The zero-order valence-electron chi connectivity index (χ0n) is 9.02. The van der Waals surface area contributed by atoms with Crippen molar-refractivity contribution in [2.24, 2.45) is 0 Å². The number of pyridine rings is 1. The fourth-order valence-corrected chi connectivity index (χ4v) is 1.47. The molecule has 16 heavy (non-hydrogen) atoms. The van der Waals surface area contributed by atoms with Crippen LogP contribution in [-0.2, 0) is 13.1 Å². The summed E-state index contributed by atoms with van der Waals surface area (Å²) < 4.78 is 14.8. The SMILES string of the molecule is CCn1cncc1CNc1cccc(F)n1. The third kappa shape index (κ3) is 2.36. The predicted octanol–water partition coefficient (Wildman–Crippen LogP) is 2.05. The van der Waals surface area contributed by atoms with Gasteiger partial charge in [-0.15, -0.1) is 0 Å². The van der Waals surface area contributed by atoms with E-state index < -0.39 is 5.95 Å². The van der Waals surface area contributed by atoms with Crippen LogP contribution in [0.25, 0.3) is 0 Å². The number of aromatic nitrogens is 3. The molecule has 0 radical (unpaired) electrons. The summed E-state index contributed by atoms with van der Waals surface area (Å²) in [7, 11) is 0. The van der Waals surface area contributed by atoms with Gasteiger partial charge in [0.2, 0.25) is 5.95 Å². The molecule has 5 heteroatoms. The highest BCUT2D eigenvalue weighted by atomic mass is 19.1. The minimum atomic E-state index is -0.478. The zero-order chi connectivity index (χ0) is 11.4. The Morgan fingerprint density at radius 2 is 2.31 bits per heavy atom. The molecule has 1 N–H and O–H groups in total. The van der Waals surface area contributed by atoms with Crippen molar-refractivity contribution < 1.29 is 4.39 Å². The Morgan fingerprint density at radius 3 is 3.06 bits per heavy atom. The van der Waals surface area contributed by atoms with Crippen LogP contribution in [-0.4, -0.2) is 14.5 Å². The summed E-state index contributed by atoms with van der Waals surface area (Å²) in [5.41, 5.74) is 1.05. The first-order chi connectivity index (χ1) is 7.79. The van der Waals surface area contributed by atoms with Crippen molar-refractivity contribution in [2.45, 2.75) is 20.0 Å². The number of hydrogen-bond donors (Lipinski definition) is 1. The summed E-state index contributed by atoms with van der Waals surface area (Å²) >= 11 is 0. The molecular formula is C11H13FN4. The molecule has 0 amide bonds. The fraction of sp³-hybridized carbons (Fsp3) is 0.273. The molecule has 0 saturated heterocycles. The lowest BCUT2D eigenvalue weighted by Gasteiger charge is -2.07. The molecule has 0 aromatic carbocycles. The average Bonchev–Trinajstić information content (AvgIpc) is 2.74. The Balaban J connectivity index is 2.02. The van der Waals surface area contributed by atoms with Gasteiger partial charge in [0.05, 0.1) is 18.6 Å². The molecule has 0 unspecified atom stereocenters. The molecule has 0 aliphatic heterocycles. The topological polar surface area (TPSA) is 42.7 Å². The standard InChI is InChI=1S/C11H13FN4/c1-2-16-8-13-6-9(16)7-14-11-5-3-4-10(12)15-11/h3-6,8H,2,7H2,1H3,(H,14,15). The van der Waals surface area contributed by atoms with E-state index in [1.807, 2.05) is 11.5 Å². The van der Waals surface area contributed by atoms with Gasteiger partial charge in [-0.05, 0) is 19.1 Å². The normalized spacial score (nSPS) is 10.4. The van der Waals surface area contributed by atoms with Gasteiger partial charge in [-0.1, -0.05) is 6.07 Å². The Hall–Kier alpha value is -1.91. The van der Waals surface area contributed by atoms with Crippen LogP contribution in [0.4, 0.5) is 10.2 Å². The third-order valence-electron chi connectivity index (χ3n) is 2.30. The molecule has 2 aromatic heterocycles. The number of hydrogen-bond acceptors (Lipinski definition) is 3. The van der Waals surface area contributed by atoms with E-state index in [1.54, 1.807) is 24.7 Å². The van der Waals surface area contributed by atoms with Crippen molar-refractivity contribution in [1.82, 2.24) is 14.5 Å². The molecule has 4 nitrogen and oxygen atoms in total.